The van der Waals surface area contributed by atoms with E-state index in [1.165, 1.54) is 4.52 Å². The molecule has 5 nitrogen and oxygen atoms in total. The van der Waals surface area contributed by atoms with E-state index < -0.39 is 17.9 Å². The van der Waals surface area contributed by atoms with Crippen molar-refractivity contribution in [2.24, 2.45) is 11.8 Å². The van der Waals surface area contributed by atoms with Crippen LogP contribution in [0.15, 0.2) is 6.07 Å². The molecule has 0 radical (unpaired) electrons. The third kappa shape index (κ3) is 4.15. The van der Waals surface area contributed by atoms with Gasteiger partial charge in [0, 0.05) is 37.5 Å². The largest absolute Gasteiger partial charge is 0.391 e. The maximum atomic E-state index is 15.3. The Morgan fingerprint density at radius 1 is 1.16 bits per heavy atom. The van der Waals surface area contributed by atoms with E-state index in [0.717, 1.165) is 12.1 Å². The fraction of sp³-hybridized carbons (Fsp3) is 0.682. The molecule has 1 saturated carbocycles. The standard InChI is InChI=1S/C22H28F4N4O/c1-12-8-9-29(14(3)31)11-17(12)18-10-13(2)27-21-19(23)20(28-30(18)21)15-4-6-16(7-5-15)22(24,25)26/h10,12,15-17H,4-9,11H2,1-3H3/t12-,15-,16-,17+/m0/s1. The van der Waals surface area contributed by atoms with Gasteiger partial charge >= 0.3 is 6.18 Å². The second-order valence-corrected chi connectivity index (χ2v) is 9.18. The lowest BCUT2D eigenvalue weighted by molar-refractivity contribution is -0.182. The molecule has 31 heavy (non-hydrogen) atoms. The lowest BCUT2D eigenvalue weighted by Gasteiger charge is -2.36. The third-order valence-corrected chi connectivity index (χ3v) is 7.07. The first-order chi connectivity index (χ1) is 14.6. The zero-order valence-electron chi connectivity index (χ0n) is 18.0. The quantitative estimate of drug-likeness (QED) is 0.619. The van der Waals surface area contributed by atoms with Crippen LogP contribution in [0.4, 0.5) is 17.6 Å². The van der Waals surface area contributed by atoms with Crippen LogP contribution in [0, 0.1) is 24.6 Å². The molecule has 0 N–H and O–H groups in total. The minimum atomic E-state index is -4.20. The Morgan fingerprint density at radius 3 is 2.45 bits per heavy atom. The molecule has 1 saturated heterocycles. The molecule has 170 valence electrons. The maximum Gasteiger partial charge on any atom is 0.391 e. The summed E-state index contributed by atoms with van der Waals surface area (Å²) < 4.78 is 55.9. The van der Waals surface area contributed by atoms with E-state index >= 15 is 4.39 Å². The van der Waals surface area contributed by atoms with Gasteiger partial charge in [0.15, 0.2) is 11.5 Å². The summed E-state index contributed by atoms with van der Waals surface area (Å²) >= 11 is 0. The first-order valence-corrected chi connectivity index (χ1v) is 10.9. The van der Waals surface area contributed by atoms with Crippen LogP contribution in [0.2, 0.25) is 0 Å². The molecule has 0 aromatic carbocycles. The van der Waals surface area contributed by atoms with Gasteiger partial charge in [-0.3, -0.25) is 4.79 Å². The predicted molar refractivity (Wildman–Crippen MR) is 107 cm³/mol. The van der Waals surface area contributed by atoms with E-state index in [2.05, 4.69) is 17.0 Å². The molecule has 2 aromatic heterocycles. The van der Waals surface area contributed by atoms with Crippen LogP contribution >= 0.6 is 0 Å². The summed E-state index contributed by atoms with van der Waals surface area (Å²) in [6, 6.07) is 1.88. The third-order valence-electron chi connectivity index (χ3n) is 7.07. The van der Waals surface area contributed by atoms with Gasteiger partial charge in [0.05, 0.1) is 11.6 Å². The topological polar surface area (TPSA) is 50.5 Å². The molecule has 1 amide bonds. The maximum absolute atomic E-state index is 15.3. The van der Waals surface area contributed by atoms with Crippen molar-refractivity contribution in [3.63, 3.8) is 0 Å². The van der Waals surface area contributed by atoms with Crippen LogP contribution in [-0.4, -0.2) is 44.7 Å². The minimum Gasteiger partial charge on any atom is -0.342 e. The van der Waals surface area contributed by atoms with Crippen molar-refractivity contribution in [1.29, 1.82) is 0 Å². The molecule has 0 spiro atoms. The van der Waals surface area contributed by atoms with Crippen LogP contribution in [0.25, 0.3) is 5.65 Å². The zero-order valence-corrected chi connectivity index (χ0v) is 18.0. The van der Waals surface area contributed by atoms with E-state index in [0.29, 0.717) is 18.8 Å². The second kappa shape index (κ2) is 8.06. The van der Waals surface area contributed by atoms with Crippen molar-refractivity contribution in [3.8, 4) is 0 Å². The normalized spacial score (nSPS) is 27.6. The Hall–Kier alpha value is -2.19. The number of alkyl halides is 3. The minimum absolute atomic E-state index is 0.00593. The summed E-state index contributed by atoms with van der Waals surface area (Å²) in [4.78, 5) is 18.1. The van der Waals surface area contributed by atoms with Crippen molar-refractivity contribution in [1.82, 2.24) is 19.5 Å². The van der Waals surface area contributed by atoms with Crippen LogP contribution in [-0.2, 0) is 4.79 Å². The predicted octanol–water partition coefficient (Wildman–Crippen LogP) is 4.98. The van der Waals surface area contributed by atoms with E-state index in [1.54, 1.807) is 18.7 Å². The van der Waals surface area contributed by atoms with Crippen molar-refractivity contribution >= 4 is 11.6 Å². The summed E-state index contributed by atoms with van der Waals surface area (Å²) in [5.41, 5.74) is 1.79. The van der Waals surface area contributed by atoms with Gasteiger partial charge in [-0.05, 0) is 51.0 Å². The number of carbonyl (C=O) groups is 1. The summed E-state index contributed by atoms with van der Waals surface area (Å²) in [6.07, 6.45) is -2.85. The van der Waals surface area contributed by atoms with Crippen molar-refractivity contribution < 1.29 is 22.4 Å². The second-order valence-electron chi connectivity index (χ2n) is 9.18. The SMILES string of the molecule is CC(=O)N1CC[C@H](C)[C@H](c2cc(C)nc3c(F)c([C@H]4CC[C@H](C(F)(F)F)CC4)nn23)C1. The summed E-state index contributed by atoms with van der Waals surface area (Å²) in [5.74, 6) is -1.93. The van der Waals surface area contributed by atoms with E-state index in [-0.39, 0.29) is 60.7 Å². The highest BCUT2D eigenvalue weighted by Gasteiger charge is 2.42. The summed E-state index contributed by atoms with van der Waals surface area (Å²) in [5, 5.41) is 4.54. The number of fused-ring (bicyclic) bond motifs is 1. The molecule has 2 fully saturated rings. The van der Waals surface area contributed by atoms with Crippen LogP contribution < -0.4 is 0 Å². The Labute approximate surface area is 178 Å². The van der Waals surface area contributed by atoms with Crippen molar-refractivity contribution in [2.45, 2.75) is 70.9 Å². The number of amides is 1. The molecular weight excluding hydrogens is 412 g/mol. The number of nitrogens with zero attached hydrogens (tertiary/aromatic N) is 4. The number of hydrogen-bond donors (Lipinski definition) is 0. The average molecular weight is 440 g/mol. The average Bonchev–Trinajstić information content (AvgIpc) is 3.03. The van der Waals surface area contributed by atoms with Crippen LogP contribution in [0.1, 0.15) is 74.9 Å². The van der Waals surface area contributed by atoms with Gasteiger partial charge in [-0.15, -0.1) is 0 Å². The monoisotopic (exact) mass is 440 g/mol. The van der Waals surface area contributed by atoms with Gasteiger partial charge < -0.3 is 4.90 Å². The molecule has 4 rings (SSSR count). The first kappa shape index (κ1) is 22.0. The number of halogens is 4. The smallest absolute Gasteiger partial charge is 0.342 e. The highest BCUT2D eigenvalue weighted by molar-refractivity contribution is 5.73. The van der Waals surface area contributed by atoms with Gasteiger partial charge in [-0.25, -0.2) is 13.9 Å². The molecule has 1 aliphatic carbocycles. The number of carbonyl (C=O) groups excluding carboxylic acids is 1. The van der Waals surface area contributed by atoms with Crippen LogP contribution in [0.3, 0.4) is 0 Å². The molecule has 2 atom stereocenters. The Bertz CT molecular complexity index is 978. The zero-order chi connectivity index (χ0) is 22.5. The van der Waals surface area contributed by atoms with Gasteiger partial charge in [-0.2, -0.15) is 18.3 Å². The number of hydrogen-bond acceptors (Lipinski definition) is 3. The highest BCUT2D eigenvalue weighted by Crippen LogP contribution is 2.43. The Kier molecular flexibility index (Phi) is 5.72. The van der Waals surface area contributed by atoms with E-state index in [4.69, 9.17) is 0 Å². The number of aryl methyl sites for hydroxylation is 1. The Balaban J connectivity index is 1.69. The lowest BCUT2D eigenvalue weighted by Crippen LogP contribution is -2.41. The number of rotatable bonds is 2. The molecule has 2 aliphatic rings. The molecule has 0 unspecified atom stereocenters. The van der Waals surface area contributed by atoms with Gasteiger partial charge in [0.2, 0.25) is 5.91 Å². The van der Waals surface area contributed by atoms with Crippen molar-refractivity contribution in [3.05, 3.63) is 29.0 Å². The van der Waals surface area contributed by atoms with Gasteiger partial charge in [-0.1, -0.05) is 6.92 Å². The highest BCUT2D eigenvalue weighted by atomic mass is 19.4. The Morgan fingerprint density at radius 2 is 1.84 bits per heavy atom. The molecule has 2 aromatic rings. The van der Waals surface area contributed by atoms with E-state index in [1.807, 2.05) is 6.07 Å². The fourth-order valence-electron chi connectivity index (χ4n) is 5.12. The lowest BCUT2D eigenvalue weighted by atomic mass is 9.80. The number of likely N-dealkylation sites (tertiary alicyclic amines) is 1. The van der Waals surface area contributed by atoms with Gasteiger partial charge in [0.1, 0.15) is 5.69 Å². The van der Waals surface area contributed by atoms with E-state index in [9.17, 15) is 18.0 Å². The molecular formula is C22H28F4N4O. The summed E-state index contributed by atoms with van der Waals surface area (Å²) in [6.45, 7) is 6.68. The number of piperidine rings is 1. The first-order valence-electron chi connectivity index (χ1n) is 10.9. The fourth-order valence-corrected chi connectivity index (χ4v) is 5.12. The number of aromatic nitrogens is 3. The van der Waals surface area contributed by atoms with Crippen LogP contribution in [0.5, 0.6) is 0 Å². The molecule has 0 bridgehead atoms. The molecule has 1 aliphatic heterocycles. The molecule has 9 heteroatoms. The van der Waals surface area contributed by atoms with Crippen molar-refractivity contribution in [2.75, 3.05) is 13.1 Å². The van der Waals surface area contributed by atoms with Gasteiger partial charge in [0.25, 0.3) is 0 Å². The summed E-state index contributed by atoms with van der Waals surface area (Å²) in [7, 11) is 0. The molecule has 3 heterocycles.